The Labute approximate surface area is 101 Å². The Bertz CT molecular complexity index is 503. The third-order valence-corrected chi connectivity index (χ3v) is 3.12. The molecule has 0 saturated carbocycles. The minimum absolute atomic E-state index is 0.0639. The second kappa shape index (κ2) is 4.67. The lowest BCUT2D eigenvalue weighted by Crippen LogP contribution is -2.38. The molecule has 0 spiro atoms. The van der Waals surface area contributed by atoms with Gasteiger partial charge in [0.1, 0.15) is 0 Å². The zero-order chi connectivity index (χ0) is 12.3. The van der Waals surface area contributed by atoms with Gasteiger partial charge in [0, 0.05) is 10.8 Å². The fourth-order valence-corrected chi connectivity index (χ4v) is 1.65. The second-order valence-corrected chi connectivity index (χ2v) is 4.48. The van der Waals surface area contributed by atoms with Gasteiger partial charge in [0.15, 0.2) is 5.82 Å². The first-order chi connectivity index (χ1) is 8.18. The molecule has 2 aromatic rings. The molecule has 0 aliphatic heterocycles. The van der Waals surface area contributed by atoms with Crippen molar-refractivity contribution < 1.29 is 5.11 Å². The highest BCUT2D eigenvalue weighted by atomic mass is 16.3. The quantitative estimate of drug-likeness (QED) is 0.847. The number of fused-ring (bicyclic) bond motifs is 1. The standard InChI is InChI=1S/C13H17N3O/c1-3-13(2,9-17)15-12-11-7-5-4-6-10(11)8-14-16-12/h4-8,17H,3,9H2,1-2H3,(H,15,16). The topological polar surface area (TPSA) is 58.0 Å². The Balaban J connectivity index is 2.42. The summed E-state index contributed by atoms with van der Waals surface area (Å²) in [4.78, 5) is 0. The molecule has 4 heteroatoms. The summed E-state index contributed by atoms with van der Waals surface area (Å²) in [7, 11) is 0. The van der Waals surface area contributed by atoms with Crippen molar-refractivity contribution in [2.45, 2.75) is 25.8 Å². The highest BCUT2D eigenvalue weighted by molar-refractivity contribution is 5.91. The molecule has 90 valence electrons. The van der Waals surface area contributed by atoms with Crippen LogP contribution in [0.4, 0.5) is 5.82 Å². The Morgan fingerprint density at radius 2 is 2.12 bits per heavy atom. The molecule has 0 radical (unpaired) electrons. The van der Waals surface area contributed by atoms with Gasteiger partial charge in [0.25, 0.3) is 0 Å². The van der Waals surface area contributed by atoms with Crippen molar-refractivity contribution in [1.29, 1.82) is 0 Å². The van der Waals surface area contributed by atoms with Crippen molar-refractivity contribution in [3.8, 4) is 0 Å². The average Bonchev–Trinajstić information content (AvgIpc) is 2.39. The lowest BCUT2D eigenvalue weighted by atomic mass is 10.00. The number of rotatable bonds is 4. The molecule has 4 nitrogen and oxygen atoms in total. The third-order valence-electron chi connectivity index (χ3n) is 3.12. The molecule has 0 aliphatic rings. The fraction of sp³-hybridized carbons (Fsp3) is 0.385. The Kier molecular flexibility index (Phi) is 3.24. The molecular formula is C13H17N3O. The molecule has 0 amide bonds. The van der Waals surface area contributed by atoms with Crippen molar-refractivity contribution in [3.63, 3.8) is 0 Å². The van der Waals surface area contributed by atoms with E-state index in [0.717, 1.165) is 23.0 Å². The summed E-state index contributed by atoms with van der Waals surface area (Å²) in [6.07, 6.45) is 2.55. The molecule has 17 heavy (non-hydrogen) atoms. The van der Waals surface area contributed by atoms with Gasteiger partial charge in [-0.3, -0.25) is 0 Å². The smallest absolute Gasteiger partial charge is 0.157 e. The number of nitrogens with zero attached hydrogens (tertiary/aromatic N) is 2. The van der Waals surface area contributed by atoms with Crippen molar-refractivity contribution >= 4 is 16.6 Å². The molecule has 1 atom stereocenters. The first-order valence-electron chi connectivity index (χ1n) is 5.78. The van der Waals surface area contributed by atoms with E-state index in [1.165, 1.54) is 0 Å². The van der Waals surface area contributed by atoms with Crippen molar-refractivity contribution in [3.05, 3.63) is 30.5 Å². The van der Waals surface area contributed by atoms with Gasteiger partial charge in [-0.25, -0.2) is 0 Å². The van der Waals surface area contributed by atoms with Gasteiger partial charge in [-0.2, -0.15) is 5.10 Å². The van der Waals surface area contributed by atoms with E-state index in [-0.39, 0.29) is 12.1 Å². The van der Waals surface area contributed by atoms with E-state index in [9.17, 15) is 5.11 Å². The molecule has 1 aromatic carbocycles. The number of anilines is 1. The molecule has 0 fully saturated rings. The summed E-state index contributed by atoms with van der Waals surface area (Å²) in [5.74, 6) is 0.724. The molecule has 1 aromatic heterocycles. The van der Waals surface area contributed by atoms with Crippen molar-refractivity contribution in [2.24, 2.45) is 0 Å². The Morgan fingerprint density at radius 1 is 1.35 bits per heavy atom. The van der Waals surface area contributed by atoms with Crippen LogP contribution in [0.1, 0.15) is 20.3 Å². The van der Waals surface area contributed by atoms with Gasteiger partial charge in [0.2, 0.25) is 0 Å². The Hall–Kier alpha value is -1.68. The maximum Gasteiger partial charge on any atom is 0.157 e. The van der Waals surface area contributed by atoms with Crippen LogP contribution in [0.5, 0.6) is 0 Å². The van der Waals surface area contributed by atoms with Crippen LogP contribution in [0.25, 0.3) is 10.8 Å². The highest BCUT2D eigenvalue weighted by Crippen LogP contribution is 2.23. The van der Waals surface area contributed by atoms with Crippen LogP contribution < -0.4 is 5.32 Å². The van der Waals surface area contributed by atoms with Crippen LogP contribution in [-0.4, -0.2) is 27.4 Å². The fourth-order valence-electron chi connectivity index (χ4n) is 1.65. The third kappa shape index (κ3) is 2.36. The number of aliphatic hydroxyl groups is 1. The summed E-state index contributed by atoms with van der Waals surface area (Å²) < 4.78 is 0. The number of nitrogens with one attached hydrogen (secondary N) is 1. The molecular weight excluding hydrogens is 214 g/mol. The summed E-state index contributed by atoms with van der Waals surface area (Å²) >= 11 is 0. The van der Waals surface area contributed by atoms with E-state index in [2.05, 4.69) is 15.5 Å². The van der Waals surface area contributed by atoms with E-state index in [1.807, 2.05) is 38.1 Å². The van der Waals surface area contributed by atoms with Gasteiger partial charge in [-0.15, -0.1) is 5.10 Å². The van der Waals surface area contributed by atoms with E-state index in [0.29, 0.717) is 0 Å². The largest absolute Gasteiger partial charge is 0.394 e. The van der Waals surface area contributed by atoms with Gasteiger partial charge in [0.05, 0.1) is 18.3 Å². The van der Waals surface area contributed by atoms with Crippen molar-refractivity contribution in [1.82, 2.24) is 10.2 Å². The van der Waals surface area contributed by atoms with Crippen LogP contribution >= 0.6 is 0 Å². The summed E-state index contributed by atoms with van der Waals surface area (Å²) in [6, 6.07) is 7.94. The number of hydrogen-bond acceptors (Lipinski definition) is 4. The molecule has 2 N–H and O–H groups in total. The van der Waals surface area contributed by atoms with Gasteiger partial charge < -0.3 is 10.4 Å². The number of aromatic nitrogens is 2. The molecule has 2 rings (SSSR count). The van der Waals surface area contributed by atoms with Gasteiger partial charge in [-0.1, -0.05) is 31.2 Å². The Morgan fingerprint density at radius 3 is 2.82 bits per heavy atom. The maximum atomic E-state index is 9.41. The van der Waals surface area contributed by atoms with Crippen LogP contribution in [0.3, 0.4) is 0 Å². The monoisotopic (exact) mass is 231 g/mol. The summed E-state index contributed by atoms with van der Waals surface area (Å²) in [5, 5.41) is 22.8. The normalized spacial score (nSPS) is 14.5. The number of aliphatic hydroxyl groups excluding tert-OH is 1. The maximum absolute atomic E-state index is 9.41. The van der Waals surface area contributed by atoms with E-state index in [4.69, 9.17) is 0 Å². The SMILES string of the molecule is CCC(C)(CO)Nc1nncc2ccccc12. The molecule has 1 unspecified atom stereocenters. The lowest BCUT2D eigenvalue weighted by molar-refractivity contribution is 0.218. The van der Waals surface area contributed by atoms with Crippen LogP contribution in [0.2, 0.25) is 0 Å². The zero-order valence-electron chi connectivity index (χ0n) is 10.1. The van der Waals surface area contributed by atoms with Gasteiger partial charge in [-0.05, 0) is 13.3 Å². The van der Waals surface area contributed by atoms with E-state index < -0.39 is 0 Å². The average molecular weight is 231 g/mol. The predicted molar refractivity (Wildman–Crippen MR) is 68.9 cm³/mol. The highest BCUT2D eigenvalue weighted by Gasteiger charge is 2.21. The molecule has 1 heterocycles. The van der Waals surface area contributed by atoms with E-state index in [1.54, 1.807) is 6.20 Å². The van der Waals surface area contributed by atoms with Crippen LogP contribution in [0.15, 0.2) is 30.5 Å². The lowest BCUT2D eigenvalue weighted by Gasteiger charge is -2.28. The summed E-state index contributed by atoms with van der Waals surface area (Å²) in [5.41, 5.74) is -0.362. The van der Waals surface area contributed by atoms with Crippen molar-refractivity contribution in [2.75, 3.05) is 11.9 Å². The van der Waals surface area contributed by atoms with Crippen LogP contribution in [0, 0.1) is 0 Å². The molecule has 0 saturated heterocycles. The second-order valence-electron chi connectivity index (χ2n) is 4.48. The first-order valence-corrected chi connectivity index (χ1v) is 5.78. The van der Waals surface area contributed by atoms with Crippen LogP contribution in [-0.2, 0) is 0 Å². The van der Waals surface area contributed by atoms with Gasteiger partial charge >= 0.3 is 0 Å². The predicted octanol–water partition coefficient (Wildman–Crippen LogP) is 2.20. The minimum Gasteiger partial charge on any atom is -0.394 e. The summed E-state index contributed by atoms with van der Waals surface area (Å²) in [6.45, 7) is 4.06. The number of benzene rings is 1. The van der Waals surface area contributed by atoms with E-state index >= 15 is 0 Å². The molecule has 0 aliphatic carbocycles. The zero-order valence-corrected chi connectivity index (χ0v) is 10.1. The first kappa shape index (κ1) is 11.8. The number of hydrogen-bond donors (Lipinski definition) is 2. The molecule has 0 bridgehead atoms. The minimum atomic E-state index is -0.362.